The van der Waals surface area contributed by atoms with E-state index in [1.807, 2.05) is 48.5 Å². The van der Waals surface area contributed by atoms with Crippen LogP contribution in [0.1, 0.15) is 5.56 Å². The van der Waals surface area contributed by atoms with Crippen LogP contribution in [0, 0.1) is 0 Å². The molecule has 0 aliphatic carbocycles. The van der Waals surface area contributed by atoms with Crippen molar-refractivity contribution in [2.24, 2.45) is 0 Å². The Bertz CT molecular complexity index is 1180. The highest BCUT2D eigenvalue weighted by Gasteiger charge is 2.15. The van der Waals surface area contributed by atoms with Crippen LogP contribution in [-0.4, -0.2) is 15.1 Å². The van der Waals surface area contributed by atoms with E-state index < -0.39 is 0 Å². The Morgan fingerprint density at radius 2 is 1.70 bits per heavy atom. The maximum absolute atomic E-state index is 10.7. The molecule has 0 aliphatic rings. The first-order valence-corrected chi connectivity index (χ1v) is 10.3. The van der Waals surface area contributed by atoms with Gasteiger partial charge in [0, 0.05) is 32.9 Å². The molecule has 4 aromatic rings. The van der Waals surface area contributed by atoms with Crippen LogP contribution in [0.2, 0.25) is 5.02 Å². The summed E-state index contributed by atoms with van der Waals surface area (Å²) in [4.78, 5) is 8.50. The Hall–Kier alpha value is -3.09. The average molecular weight is 483 g/mol. The molecule has 3 N–H and O–H groups in total. The van der Waals surface area contributed by atoms with Crippen molar-refractivity contribution in [1.82, 2.24) is 9.97 Å². The summed E-state index contributed by atoms with van der Waals surface area (Å²) in [7, 11) is 0. The van der Waals surface area contributed by atoms with Gasteiger partial charge in [-0.1, -0.05) is 51.8 Å². The van der Waals surface area contributed by atoms with E-state index in [4.69, 9.17) is 22.1 Å². The minimum absolute atomic E-state index is 0.0417. The average Bonchev–Trinajstić information content (AvgIpc) is 2.74. The zero-order valence-corrected chi connectivity index (χ0v) is 18.1. The van der Waals surface area contributed by atoms with Gasteiger partial charge in [0.2, 0.25) is 5.95 Å². The molecule has 0 bridgehead atoms. The van der Waals surface area contributed by atoms with E-state index in [0.717, 1.165) is 21.2 Å². The molecule has 0 amide bonds. The van der Waals surface area contributed by atoms with Gasteiger partial charge in [0.25, 0.3) is 0 Å². The first-order valence-electron chi connectivity index (χ1n) is 9.09. The topological polar surface area (TPSA) is 81.3 Å². The number of hydrogen-bond acceptors (Lipinski definition) is 5. The molecule has 5 nitrogen and oxygen atoms in total. The number of phenols is 1. The number of aromatic hydroxyl groups is 1. The molecule has 0 aliphatic heterocycles. The molecule has 0 spiro atoms. The van der Waals surface area contributed by atoms with Crippen LogP contribution in [0.15, 0.2) is 77.4 Å². The van der Waals surface area contributed by atoms with Crippen molar-refractivity contribution in [2.45, 2.75) is 6.61 Å². The number of nitrogen functional groups attached to an aromatic ring is 1. The van der Waals surface area contributed by atoms with E-state index in [0.29, 0.717) is 28.6 Å². The number of hydrogen-bond donors (Lipinski definition) is 2. The third-order valence-electron chi connectivity index (χ3n) is 4.51. The van der Waals surface area contributed by atoms with Crippen LogP contribution < -0.4 is 10.5 Å². The summed E-state index contributed by atoms with van der Waals surface area (Å²) in [5.41, 5.74) is 9.57. The lowest BCUT2D eigenvalue weighted by atomic mass is 10.00. The zero-order chi connectivity index (χ0) is 21.1. The van der Waals surface area contributed by atoms with Crippen LogP contribution >= 0.6 is 27.5 Å². The van der Waals surface area contributed by atoms with Gasteiger partial charge in [-0.2, -0.15) is 0 Å². The standard InChI is InChI=1S/C23H17BrClN3O2/c24-16-5-3-15(4-6-16)20-12-27-23(26)28-22(20)19-10-9-18(11-21(19)29)30-13-14-1-7-17(25)8-2-14/h1-12,29H,13H2,(H2,26,27,28). The summed E-state index contributed by atoms with van der Waals surface area (Å²) in [6.07, 6.45) is 1.66. The molecular formula is C23H17BrClN3O2. The van der Waals surface area contributed by atoms with Gasteiger partial charge < -0.3 is 15.6 Å². The van der Waals surface area contributed by atoms with Crippen LogP contribution in [0.3, 0.4) is 0 Å². The minimum Gasteiger partial charge on any atom is -0.507 e. The van der Waals surface area contributed by atoms with Crippen molar-refractivity contribution in [1.29, 1.82) is 0 Å². The molecule has 1 heterocycles. The molecule has 30 heavy (non-hydrogen) atoms. The molecular weight excluding hydrogens is 466 g/mol. The lowest BCUT2D eigenvalue weighted by Crippen LogP contribution is -1.99. The normalized spacial score (nSPS) is 10.7. The van der Waals surface area contributed by atoms with Gasteiger partial charge in [-0.25, -0.2) is 9.97 Å². The Balaban J connectivity index is 1.63. The molecule has 0 fully saturated rings. The van der Waals surface area contributed by atoms with Crippen LogP contribution in [0.25, 0.3) is 22.4 Å². The summed E-state index contributed by atoms with van der Waals surface area (Å²) in [6.45, 7) is 0.362. The van der Waals surface area contributed by atoms with Gasteiger partial charge in [-0.3, -0.25) is 0 Å². The summed E-state index contributed by atoms with van der Waals surface area (Å²) in [6, 6.07) is 20.3. The maximum atomic E-state index is 10.7. The quantitative estimate of drug-likeness (QED) is 0.359. The molecule has 0 unspecified atom stereocenters. The SMILES string of the molecule is Nc1ncc(-c2ccc(Br)cc2)c(-c2ccc(OCc3ccc(Cl)cc3)cc2O)n1. The Kier molecular flexibility index (Phi) is 5.88. The molecule has 7 heteroatoms. The number of nitrogens with two attached hydrogens (primary N) is 1. The Morgan fingerprint density at radius 3 is 2.40 bits per heavy atom. The molecule has 150 valence electrons. The number of benzene rings is 3. The van der Waals surface area contributed by atoms with Gasteiger partial charge >= 0.3 is 0 Å². The van der Waals surface area contributed by atoms with Gasteiger partial charge in [-0.05, 0) is 47.5 Å². The van der Waals surface area contributed by atoms with Crippen molar-refractivity contribution in [2.75, 3.05) is 5.73 Å². The fraction of sp³-hybridized carbons (Fsp3) is 0.0435. The highest BCUT2D eigenvalue weighted by atomic mass is 79.9. The summed E-state index contributed by atoms with van der Waals surface area (Å²) < 4.78 is 6.76. The van der Waals surface area contributed by atoms with E-state index in [2.05, 4.69) is 25.9 Å². The Morgan fingerprint density at radius 1 is 0.967 bits per heavy atom. The molecule has 1 aromatic heterocycles. The molecule has 4 rings (SSSR count). The van der Waals surface area contributed by atoms with Gasteiger partial charge in [0.1, 0.15) is 18.1 Å². The first-order chi connectivity index (χ1) is 14.5. The largest absolute Gasteiger partial charge is 0.507 e. The zero-order valence-electron chi connectivity index (χ0n) is 15.7. The smallest absolute Gasteiger partial charge is 0.220 e. The number of halogens is 2. The van der Waals surface area contributed by atoms with Gasteiger partial charge in [0.05, 0.1) is 5.69 Å². The molecule has 0 saturated heterocycles. The lowest BCUT2D eigenvalue weighted by Gasteiger charge is -2.13. The van der Waals surface area contributed by atoms with E-state index >= 15 is 0 Å². The fourth-order valence-corrected chi connectivity index (χ4v) is 3.38. The maximum Gasteiger partial charge on any atom is 0.220 e. The number of ether oxygens (including phenoxy) is 1. The van der Waals surface area contributed by atoms with Crippen molar-refractivity contribution in [3.8, 4) is 33.9 Å². The molecule has 0 atom stereocenters. The van der Waals surface area contributed by atoms with Crippen molar-refractivity contribution in [3.63, 3.8) is 0 Å². The van der Waals surface area contributed by atoms with Crippen LogP contribution in [-0.2, 0) is 6.61 Å². The third-order valence-corrected chi connectivity index (χ3v) is 5.29. The van der Waals surface area contributed by atoms with E-state index in [1.54, 1.807) is 24.4 Å². The van der Waals surface area contributed by atoms with E-state index in [-0.39, 0.29) is 11.7 Å². The molecule has 0 radical (unpaired) electrons. The van der Waals surface area contributed by atoms with Gasteiger partial charge in [-0.15, -0.1) is 0 Å². The number of rotatable bonds is 5. The number of aromatic nitrogens is 2. The highest BCUT2D eigenvalue weighted by Crippen LogP contribution is 2.37. The predicted octanol–water partition coefficient (Wildman–Crippen LogP) is 6.09. The van der Waals surface area contributed by atoms with Crippen molar-refractivity contribution in [3.05, 3.63) is 88.0 Å². The predicted molar refractivity (Wildman–Crippen MR) is 122 cm³/mol. The number of phenolic OH excluding ortho intramolecular Hbond substituents is 1. The summed E-state index contributed by atoms with van der Waals surface area (Å²) in [5, 5.41) is 11.4. The van der Waals surface area contributed by atoms with Gasteiger partial charge in [0.15, 0.2) is 0 Å². The summed E-state index contributed by atoms with van der Waals surface area (Å²) in [5.74, 6) is 0.715. The first kappa shape index (κ1) is 20.2. The molecule has 0 saturated carbocycles. The highest BCUT2D eigenvalue weighted by molar-refractivity contribution is 9.10. The lowest BCUT2D eigenvalue weighted by molar-refractivity contribution is 0.304. The second-order valence-electron chi connectivity index (χ2n) is 6.59. The second kappa shape index (κ2) is 8.73. The van der Waals surface area contributed by atoms with Crippen molar-refractivity contribution < 1.29 is 9.84 Å². The van der Waals surface area contributed by atoms with E-state index in [9.17, 15) is 5.11 Å². The number of anilines is 1. The summed E-state index contributed by atoms with van der Waals surface area (Å²) >= 11 is 9.34. The van der Waals surface area contributed by atoms with E-state index in [1.165, 1.54) is 0 Å². The monoisotopic (exact) mass is 481 g/mol. The van der Waals surface area contributed by atoms with Crippen molar-refractivity contribution >= 4 is 33.5 Å². The molecule has 3 aromatic carbocycles. The minimum atomic E-state index is 0.0417. The number of nitrogens with zero attached hydrogens (tertiary/aromatic N) is 2. The second-order valence-corrected chi connectivity index (χ2v) is 7.94. The van der Waals surface area contributed by atoms with Crippen LogP contribution in [0.5, 0.6) is 11.5 Å². The fourth-order valence-electron chi connectivity index (χ4n) is 2.99. The van der Waals surface area contributed by atoms with Crippen LogP contribution in [0.4, 0.5) is 5.95 Å². The third kappa shape index (κ3) is 4.56. The Labute approximate surface area is 187 Å².